The molecule has 29 heavy (non-hydrogen) atoms. The van der Waals surface area contributed by atoms with E-state index in [1.54, 1.807) is 0 Å². The number of carbonyl (C=O) groups is 2. The predicted octanol–water partition coefficient (Wildman–Crippen LogP) is 2.39. The highest BCUT2D eigenvalue weighted by Gasteiger charge is 2.34. The van der Waals surface area contributed by atoms with Gasteiger partial charge in [0, 0.05) is 24.4 Å². The summed E-state index contributed by atoms with van der Waals surface area (Å²) in [5.74, 6) is -2.25. The van der Waals surface area contributed by atoms with Crippen LogP contribution in [0.15, 0.2) is 23.6 Å². The molecule has 1 aromatic carbocycles. The lowest BCUT2D eigenvalue weighted by molar-refractivity contribution is -0.128. The van der Waals surface area contributed by atoms with Crippen LogP contribution in [0.1, 0.15) is 17.5 Å². The molecule has 0 unspecified atom stereocenters. The van der Waals surface area contributed by atoms with Gasteiger partial charge >= 0.3 is 0 Å². The van der Waals surface area contributed by atoms with Crippen LogP contribution in [0.4, 0.5) is 8.78 Å². The summed E-state index contributed by atoms with van der Waals surface area (Å²) in [5, 5.41) is 17.1. The Hall–Kier alpha value is -2.78. The Labute approximate surface area is 168 Å². The third-order valence-corrected chi connectivity index (χ3v) is 6.05. The molecule has 0 bridgehead atoms. The molecule has 9 heteroatoms. The molecule has 1 aliphatic heterocycles. The SMILES string of the molecule is Cc1csc(-c2[nH]c3c(F)cc(F)cc3c2CCC(=O)N[C@@H]2C(=O)NC[C@H]2O)c1. The number of thiophene rings is 1. The smallest absolute Gasteiger partial charge is 0.245 e. The van der Waals surface area contributed by atoms with Crippen molar-refractivity contribution in [2.75, 3.05) is 6.54 Å². The Kier molecular flexibility index (Phi) is 5.10. The van der Waals surface area contributed by atoms with Gasteiger partial charge in [0.15, 0.2) is 0 Å². The second kappa shape index (κ2) is 7.57. The number of β-amino-alcohol motifs (C(OH)–C–C–N with tert-alkyl or cyclic N) is 1. The van der Waals surface area contributed by atoms with Gasteiger partial charge in [-0.2, -0.15) is 0 Å². The van der Waals surface area contributed by atoms with E-state index in [-0.39, 0.29) is 24.9 Å². The number of hydrogen-bond donors (Lipinski definition) is 4. The van der Waals surface area contributed by atoms with Crippen molar-refractivity contribution in [1.29, 1.82) is 0 Å². The Balaban J connectivity index is 1.63. The van der Waals surface area contributed by atoms with Gasteiger partial charge in [0.1, 0.15) is 23.8 Å². The Bertz CT molecular complexity index is 1110. The zero-order valence-electron chi connectivity index (χ0n) is 15.5. The summed E-state index contributed by atoms with van der Waals surface area (Å²) in [4.78, 5) is 27.9. The van der Waals surface area contributed by atoms with Gasteiger partial charge in [-0.1, -0.05) is 0 Å². The van der Waals surface area contributed by atoms with E-state index >= 15 is 0 Å². The highest BCUT2D eigenvalue weighted by atomic mass is 32.1. The number of aliphatic hydroxyl groups is 1. The first-order chi connectivity index (χ1) is 13.8. The standard InChI is InChI=1S/C20H19F2N3O3S/c1-9-4-15(29-8-9)18-11(12-5-10(21)6-13(22)17(12)25-18)2-3-16(27)24-19-14(26)7-23-20(19)28/h4-6,8,14,19,25-26H,2-3,7H2,1H3,(H,23,28)(H,24,27)/t14-,19+/m1/s1. The largest absolute Gasteiger partial charge is 0.389 e. The highest BCUT2D eigenvalue weighted by Crippen LogP contribution is 2.36. The third-order valence-electron chi connectivity index (χ3n) is 4.98. The number of aromatic nitrogens is 1. The fourth-order valence-corrected chi connectivity index (χ4v) is 4.49. The van der Waals surface area contributed by atoms with Gasteiger partial charge in [-0.05, 0) is 42.0 Å². The summed E-state index contributed by atoms with van der Waals surface area (Å²) in [6.07, 6.45) is -0.767. The first-order valence-electron chi connectivity index (χ1n) is 9.13. The van der Waals surface area contributed by atoms with Gasteiger partial charge in [-0.3, -0.25) is 9.59 Å². The second-order valence-electron chi connectivity index (χ2n) is 7.13. The van der Waals surface area contributed by atoms with Crippen molar-refractivity contribution in [2.24, 2.45) is 0 Å². The van der Waals surface area contributed by atoms with E-state index in [1.165, 1.54) is 17.4 Å². The maximum atomic E-state index is 14.3. The van der Waals surface area contributed by atoms with Crippen molar-refractivity contribution < 1.29 is 23.5 Å². The van der Waals surface area contributed by atoms with Crippen LogP contribution in [0.25, 0.3) is 21.5 Å². The van der Waals surface area contributed by atoms with E-state index in [0.29, 0.717) is 16.6 Å². The van der Waals surface area contributed by atoms with E-state index in [0.717, 1.165) is 16.5 Å². The molecule has 2 aromatic heterocycles. The quantitative estimate of drug-likeness (QED) is 0.512. The molecule has 0 spiro atoms. The van der Waals surface area contributed by atoms with Gasteiger partial charge in [-0.25, -0.2) is 8.78 Å². The van der Waals surface area contributed by atoms with Gasteiger partial charge < -0.3 is 20.7 Å². The summed E-state index contributed by atoms with van der Waals surface area (Å²) in [5.41, 5.74) is 2.51. The number of amides is 2. The minimum atomic E-state index is -0.986. The Morgan fingerprint density at radius 1 is 1.34 bits per heavy atom. The summed E-state index contributed by atoms with van der Waals surface area (Å²) < 4.78 is 28.1. The van der Waals surface area contributed by atoms with Crippen molar-refractivity contribution in [3.8, 4) is 10.6 Å². The van der Waals surface area contributed by atoms with Gasteiger partial charge in [0.05, 0.1) is 16.1 Å². The first kappa shape index (κ1) is 19.5. The van der Waals surface area contributed by atoms with Crippen LogP contribution in [0, 0.1) is 18.6 Å². The molecule has 4 rings (SSSR count). The summed E-state index contributed by atoms with van der Waals surface area (Å²) in [6, 6.07) is 3.02. The Morgan fingerprint density at radius 2 is 2.14 bits per heavy atom. The number of carbonyl (C=O) groups excluding carboxylic acids is 2. The molecular formula is C20H19F2N3O3S. The normalized spacial score (nSPS) is 19.0. The molecule has 1 saturated heterocycles. The van der Waals surface area contributed by atoms with Crippen molar-refractivity contribution in [2.45, 2.75) is 31.9 Å². The van der Waals surface area contributed by atoms with Crippen LogP contribution in [0.2, 0.25) is 0 Å². The van der Waals surface area contributed by atoms with Gasteiger partial charge in [-0.15, -0.1) is 11.3 Å². The van der Waals surface area contributed by atoms with E-state index in [1.807, 2.05) is 18.4 Å². The Morgan fingerprint density at radius 3 is 2.79 bits per heavy atom. The molecule has 3 aromatic rings. The van der Waals surface area contributed by atoms with Crippen LogP contribution in [-0.2, 0) is 16.0 Å². The van der Waals surface area contributed by atoms with E-state index in [9.17, 15) is 23.5 Å². The van der Waals surface area contributed by atoms with E-state index in [2.05, 4.69) is 15.6 Å². The average Bonchev–Trinajstić information content (AvgIpc) is 3.33. The summed E-state index contributed by atoms with van der Waals surface area (Å²) in [7, 11) is 0. The average molecular weight is 419 g/mol. The molecule has 1 fully saturated rings. The van der Waals surface area contributed by atoms with Crippen LogP contribution < -0.4 is 10.6 Å². The molecule has 2 amide bonds. The number of nitrogens with one attached hydrogen (secondary N) is 3. The van der Waals surface area contributed by atoms with Gasteiger partial charge in [0.25, 0.3) is 0 Å². The lowest BCUT2D eigenvalue weighted by Gasteiger charge is -2.13. The monoisotopic (exact) mass is 419 g/mol. The van der Waals surface area contributed by atoms with Crippen LogP contribution in [0.3, 0.4) is 0 Å². The predicted molar refractivity (Wildman–Crippen MR) is 106 cm³/mol. The minimum Gasteiger partial charge on any atom is -0.389 e. The molecule has 6 nitrogen and oxygen atoms in total. The number of halogens is 2. The molecule has 0 aliphatic carbocycles. The molecule has 0 radical (unpaired) electrons. The van der Waals surface area contributed by atoms with Crippen LogP contribution in [-0.4, -0.2) is 40.6 Å². The molecule has 3 heterocycles. The van der Waals surface area contributed by atoms with Crippen LogP contribution >= 0.6 is 11.3 Å². The number of aromatic amines is 1. The molecule has 0 saturated carbocycles. The fourth-order valence-electron chi connectivity index (χ4n) is 3.56. The molecule has 2 atom stereocenters. The maximum absolute atomic E-state index is 14.3. The maximum Gasteiger partial charge on any atom is 0.245 e. The number of fused-ring (bicyclic) bond motifs is 1. The zero-order valence-corrected chi connectivity index (χ0v) is 16.3. The second-order valence-corrected chi connectivity index (χ2v) is 8.05. The molecule has 152 valence electrons. The number of aliphatic hydroxyl groups excluding tert-OH is 1. The number of hydrogen-bond acceptors (Lipinski definition) is 4. The minimum absolute atomic E-state index is 0.00105. The topological polar surface area (TPSA) is 94.2 Å². The number of rotatable bonds is 5. The summed E-state index contributed by atoms with van der Waals surface area (Å²) >= 11 is 1.47. The van der Waals surface area contributed by atoms with Crippen molar-refractivity contribution in [3.63, 3.8) is 0 Å². The first-order valence-corrected chi connectivity index (χ1v) is 10.0. The third kappa shape index (κ3) is 3.75. The molecule has 4 N–H and O–H groups in total. The number of benzene rings is 1. The number of aryl methyl sites for hydroxylation is 2. The highest BCUT2D eigenvalue weighted by molar-refractivity contribution is 7.13. The van der Waals surface area contributed by atoms with E-state index < -0.39 is 35.6 Å². The number of H-pyrrole nitrogens is 1. The lowest BCUT2D eigenvalue weighted by atomic mass is 10.0. The summed E-state index contributed by atoms with van der Waals surface area (Å²) in [6.45, 7) is 2.03. The zero-order chi connectivity index (χ0) is 20.7. The lowest BCUT2D eigenvalue weighted by Crippen LogP contribution is -2.45. The van der Waals surface area contributed by atoms with Crippen molar-refractivity contribution in [3.05, 3.63) is 46.3 Å². The fraction of sp³-hybridized carbons (Fsp3) is 0.300. The van der Waals surface area contributed by atoms with Crippen molar-refractivity contribution >= 4 is 34.1 Å². The van der Waals surface area contributed by atoms with Crippen LogP contribution in [0.5, 0.6) is 0 Å². The van der Waals surface area contributed by atoms with Crippen molar-refractivity contribution in [1.82, 2.24) is 15.6 Å². The molecule has 1 aliphatic rings. The van der Waals surface area contributed by atoms with Gasteiger partial charge in [0.2, 0.25) is 11.8 Å². The van der Waals surface area contributed by atoms with E-state index in [4.69, 9.17) is 0 Å². The molecular weight excluding hydrogens is 400 g/mol.